The van der Waals surface area contributed by atoms with Crippen molar-refractivity contribution < 1.29 is 4.42 Å². The summed E-state index contributed by atoms with van der Waals surface area (Å²) < 4.78 is 5.01. The van der Waals surface area contributed by atoms with E-state index in [9.17, 15) is 4.79 Å². The van der Waals surface area contributed by atoms with Crippen LogP contribution >= 0.6 is 0 Å². The molecule has 5 heteroatoms. The fourth-order valence-corrected chi connectivity index (χ4v) is 2.75. The summed E-state index contributed by atoms with van der Waals surface area (Å²) in [5.74, 6) is -0.414. The second kappa shape index (κ2) is 3.96. The molecule has 18 heavy (non-hydrogen) atoms. The first-order valence-corrected chi connectivity index (χ1v) is 6.19. The second-order valence-electron chi connectivity index (χ2n) is 5.06. The van der Waals surface area contributed by atoms with Gasteiger partial charge in [-0.2, -0.15) is 0 Å². The largest absolute Gasteiger partial charge is 0.417 e. The number of oxazole rings is 1. The molecule has 0 spiro atoms. The van der Waals surface area contributed by atoms with Gasteiger partial charge in [0.15, 0.2) is 5.58 Å². The van der Waals surface area contributed by atoms with Crippen LogP contribution in [0.3, 0.4) is 0 Å². The Balaban J connectivity index is 2.04. The fraction of sp³-hybridized carbons (Fsp3) is 0.462. The van der Waals surface area contributed by atoms with Gasteiger partial charge in [-0.15, -0.1) is 0 Å². The van der Waals surface area contributed by atoms with Crippen LogP contribution < -0.4 is 16.8 Å². The number of aromatic amines is 1. The summed E-state index contributed by atoms with van der Waals surface area (Å²) in [4.78, 5) is 13.8. The van der Waals surface area contributed by atoms with Crippen LogP contribution in [0, 0.1) is 5.41 Å². The van der Waals surface area contributed by atoms with Crippen molar-refractivity contribution in [3.8, 4) is 0 Å². The molecule has 1 heterocycles. The predicted molar refractivity (Wildman–Crippen MR) is 69.4 cm³/mol. The van der Waals surface area contributed by atoms with Gasteiger partial charge < -0.3 is 15.5 Å². The van der Waals surface area contributed by atoms with Crippen molar-refractivity contribution in [2.45, 2.75) is 18.9 Å². The van der Waals surface area contributed by atoms with E-state index in [0.717, 1.165) is 23.9 Å². The second-order valence-corrected chi connectivity index (χ2v) is 5.06. The number of hydrogen-bond acceptors (Lipinski definition) is 4. The first-order chi connectivity index (χ1) is 8.68. The van der Waals surface area contributed by atoms with Gasteiger partial charge in [0.05, 0.1) is 5.52 Å². The number of fused-ring (bicyclic) bond motifs is 1. The van der Waals surface area contributed by atoms with Gasteiger partial charge in [-0.3, -0.25) is 4.98 Å². The number of aromatic nitrogens is 1. The van der Waals surface area contributed by atoms with Gasteiger partial charge in [-0.1, -0.05) is 6.07 Å². The number of nitrogens with one attached hydrogen (secondary N) is 2. The van der Waals surface area contributed by atoms with E-state index in [-0.39, 0.29) is 11.5 Å². The van der Waals surface area contributed by atoms with Gasteiger partial charge in [0.2, 0.25) is 0 Å². The molecule has 1 aliphatic rings. The first kappa shape index (κ1) is 11.5. The minimum atomic E-state index is -0.414. The third kappa shape index (κ3) is 1.67. The Morgan fingerprint density at radius 2 is 2.33 bits per heavy atom. The van der Waals surface area contributed by atoms with Crippen LogP contribution in [-0.4, -0.2) is 18.6 Å². The molecule has 96 valence electrons. The van der Waals surface area contributed by atoms with Crippen LogP contribution in [0.5, 0.6) is 0 Å². The Morgan fingerprint density at radius 1 is 1.56 bits per heavy atom. The maximum Gasteiger partial charge on any atom is 0.417 e. The monoisotopic (exact) mass is 247 g/mol. The average molecular weight is 247 g/mol. The quantitative estimate of drug-likeness (QED) is 0.756. The van der Waals surface area contributed by atoms with Crippen LogP contribution in [0.25, 0.3) is 11.1 Å². The topological polar surface area (TPSA) is 84.0 Å². The Labute approximate surface area is 104 Å². The van der Waals surface area contributed by atoms with E-state index in [1.165, 1.54) is 0 Å². The normalized spacial score (nSPS) is 19.0. The van der Waals surface area contributed by atoms with Crippen LogP contribution in [-0.2, 0) is 0 Å². The van der Waals surface area contributed by atoms with E-state index < -0.39 is 5.76 Å². The van der Waals surface area contributed by atoms with E-state index >= 15 is 0 Å². The van der Waals surface area contributed by atoms with Crippen LogP contribution in [0.15, 0.2) is 27.4 Å². The Bertz CT molecular complexity index is 624. The predicted octanol–water partition coefficient (Wildman–Crippen LogP) is 1.12. The highest BCUT2D eigenvalue weighted by Gasteiger charge is 2.48. The molecule has 1 fully saturated rings. The molecule has 5 nitrogen and oxygen atoms in total. The van der Waals surface area contributed by atoms with Crippen molar-refractivity contribution >= 4 is 11.1 Å². The minimum absolute atomic E-state index is 0.173. The van der Waals surface area contributed by atoms with Crippen molar-refractivity contribution in [3.05, 3.63) is 34.3 Å². The maximum absolute atomic E-state index is 11.1. The molecule has 0 saturated heterocycles. The maximum atomic E-state index is 11.1. The van der Waals surface area contributed by atoms with Gasteiger partial charge in [0.1, 0.15) is 0 Å². The molecule has 0 aliphatic heterocycles. The zero-order valence-electron chi connectivity index (χ0n) is 10.3. The lowest BCUT2D eigenvalue weighted by atomic mass is 9.90. The lowest BCUT2D eigenvalue weighted by Gasteiger charge is -2.25. The van der Waals surface area contributed by atoms with Crippen molar-refractivity contribution in [1.82, 2.24) is 10.3 Å². The Hall–Kier alpha value is -1.59. The SMILES string of the molecule is CNC(c1ccc2oc(=O)[nH]c2c1)C1(CN)CC1. The molecule has 1 saturated carbocycles. The highest BCUT2D eigenvalue weighted by atomic mass is 16.4. The van der Waals surface area contributed by atoms with E-state index in [1.54, 1.807) is 0 Å². The van der Waals surface area contributed by atoms with Gasteiger partial charge in [-0.05, 0) is 44.1 Å². The standard InChI is InChI=1S/C13H17N3O2/c1-15-11(13(7-14)4-5-13)8-2-3-10-9(6-8)16-12(17)18-10/h2-3,6,11,15H,4-5,7,14H2,1H3,(H,16,17). The Kier molecular flexibility index (Phi) is 2.53. The summed E-state index contributed by atoms with van der Waals surface area (Å²) in [6, 6.07) is 6.03. The van der Waals surface area contributed by atoms with Crippen LogP contribution in [0.2, 0.25) is 0 Å². The van der Waals surface area contributed by atoms with Crippen molar-refractivity contribution in [2.24, 2.45) is 11.1 Å². The minimum Gasteiger partial charge on any atom is -0.408 e. The number of rotatable bonds is 4. The van der Waals surface area contributed by atoms with Gasteiger partial charge in [-0.25, -0.2) is 4.79 Å². The summed E-state index contributed by atoms with van der Waals surface area (Å²) >= 11 is 0. The van der Waals surface area contributed by atoms with E-state index in [1.807, 2.05) is 25.2 Å². The molecule has 0 amide bonds. The van der Waals surface area contributed by atoms with Gasteiger partial charge >= 0.3 is 5.76 Å². The Morgan fingerprint density at radius 3 is 2.94 bits per heavy atom. The van der Waals surface area contributed by atoms with Gasteiger partial charge in [0, 0.05) is 11.5 Å². The highest BCUT2D eigenvalue weighted by Crippen LogP contribution is 2.54. The number of nitrogens with two attached hydrogens (primary N) is 1. The zero-order chi connectivity index (χ0) is 12.8. The molecule has 2 aromatic rings. The third-order valence-corrected chi connectivity index (χ3v) is 3.98. The molecule has 0 radical (unpaired) electrons. The molecular formula is C13H17N3O2. The zero-order valence-corrected chi connectivity index (χ0v) is 10.3. The summed E-state index contributed by atoms with van der Waals surface area (Å²) in [6.45, 7) is 0.679. The highest BCUT2D eigenvalue weighted by molar-refractivity contribution is 5.73. The van der Waals surface area contributed by atoms with Crippen molar-refractivity contribution in [2.75, 3.05) is 13.6 Å². The molecule has 1 aromatic carbocycles. The number of hydrogen-bond donors (Lipinski definition) is 3. The van der Waals surface area contributed by atoms with Crippen molar-refractivity contribution in [1.29, 1.82) is 0 Å². The van der Waals surface area contributed by atoms with Crippen LogP contribution in [0.4, 0.5) is 0 Å². The molecule has 1 aromatic heterocycles. The molecule has 4 N–H and O–H groups in total. The van der Waals surface area contributed by atoms with Crippen molar-refractivity contribution in [3.63, 3.8) is 0 Å². The van der Waals surface area contributed by atoms with E-state index in [4.69, 9.17) is 10.2 Å². The van der Waals surface area contributed by atoms with Gasteiger partial charge in [0.25, 0.3) is 0 Å². The average Bonchev–Trinajstić information content (AvgIpc) is 3.05. The summed E-state index contributed by atoms with van der Waals surface area (Å²) in [7, 11) is 1.95. The lowest BCUT2D eigenvalue weighted by molar-refractivity contribution is 0.367. The fourth-order valence-electron chi connectivity index (χ4n) is 2.75. The van der Waals surface area contributed by atoms with Crippen LogP contribution in [0.1, 0.15) is 24.4 Å². The lowest BCUT2D eigenvalue weighted by Crippen LogP contribution is -2.32. The molecular weight excluding hydrogens is 230 g/mol. The van der Waals surface area contributed by atoms with E-state index in [0.29, 0.717) is 12.1 Å². The summed E-state index contributed by atoms with van der Waals surface area (Å²) in [5, 5.41) is 3.34. The molecule has 1 atom stereocenters. The molecule has 0 bridgehead atoms. The summed E-state index contributed by atoms with van der Waals surface area (Å²) in [5.41, 5.74) is 8.53. The first-order valence-electron chi connectivity index (χ1n) is 6.19. The summed E-state index contributed by atoms with van der Waals surface area (Å²) in [6.07, 6.45) is 2.30. The van der Waals surface area contributed by atoms with E-state index in [2.05, 4.69) is 10.3 Å². The number of H-pyrrole nitrogens is 1. The molecule has 3 rings (SSSR count). The third-order valence-electron chi connectivity index (χ3n) is 3.98. The number of benzene rings is 1. The molecule has 1 aliphatic carbocycles. The smallest absolute Gasteiger partial charge is 0.408 e. The molecule has 1 unspecified atom stereocenters.